The van der Waals surface area contributed by atoms with E-state index in [0.29, 0.717) is 0 Å². The van der Waals surface area contributed by atoms with Crippen LogP contribution >= 0.6 is 0 Å². The number of aryl methyl sites for hydroxylation is 1. The summed E-state index contributed by atoms with van der Waals surface area (Å²) in [7, 11) is 3.89. The number of rotatable bonds is 4. The topological polar surface area (TPSA) is 27.7 Å². The number of methoxy groups -OCH3 is 1. The van der Waals surface area contributed by atoms with Crippen LogP contribution in [0.3, 0.4) is 0 Å². The molecule has 1 N–H and O–H groups in total. The minimum atomic E-state index is 0.828. The van der Waals surface area contributed by atoms with Crippen LogP contribution < -0.4 is 10.2 Å². The average molecular weight is 249 g/mol. The zero-order chi connectivity index (χ0) is 13.0. The standard InChI is InChI=1S/C14H23N3O/c1-12-4-5-14(18-3)13(10-12)11-15-17-8-6-16(2)7-9-17/h4-5,10,15H,6-9,11H2,1-3H3. The third-order valence-electron chi connectivity index (χ3n) is 3.43. The lowest BCUT2D eigenvalue weighted by molar-refractivity contribution is 0.102. The van der Waals surface area contributed by atoms with Gasteiger partial charge >= 0.3 is 0 Å². The van der Waals surface area contributed by atoms with Crippen LogP contribution in [0, 0.1) is 6.92 Å². The van der Waals surface area contributed by atoms with Crippen LogP contribution in [0.5, 0.6) is 5.75 Å². The van der Waals surface area contributed by atoms with Crippen molar-refractivity contribution in [2.75, 3.05) is 40.3 Å². The van der Waals surface area contributed by atoms with Crippen LogP contribution in [0.2, 0.25) is 0 Å². The number of piperazine rings is 1. The van der Waals surface area contributed by atoms with E-state index in [1.165, 1.54) is 11.1 Å². The molecule has 0 aromatic heterocycles. The Hall–Kier alpha value is -1.10. The summed E-state index contributed by atoms with van der Waals surface area (Å²) < 4.78 is 5.39. The number of nitrogens with zero attached hydrogens (tertiary/aromatic N) is 2. The average Bonchev–Trinajstić information content (AvgIpc) is 2.38. The smallest absolute Gasteiger partial charge is 0.123 e. The van der Waals surface area contributed by atoms with Gasteiger partial charge in [0.1, 0.15) is 5.75 Å². The number of hydrazine groups is 1. The summed E-state index contributed by atoms with van der Waals surface area (Å²) in [5, 5.41) is 2.29. The Bertz CT molecular complexity index is 387. The molecule has 0 amide bonds. The molecule has 1 aliphatic heterocycles. The summed E-state index contributed by atoms with van der Waals surface area (Å²) >= 11 is 0. The maximum Gasteiger partial charge on any atom is 0.123 e. The van der Waals surface area contributed by atoms with Crippen molar-refractivity contribution in [2.45, 2.75) is 13.5 Å². The Morgan fingerprint density at radius 1 is 1.22 bits per heavy atom. The Morgan fingerprint density at radius 3 is 2.61 bits per heavy atom. The molecule has 4 heteroatoms. The molecule has 2 rings (SSSR count). The normalized spacial score (nSPS) is 17.9. The van der Waals surface area contributed by atoms with Gasteiger partial charge in [-0.25, -0.2) is 5.01 Å². The zero-order valence-electron chi connectivity index (χ0n) is 11.6. The van der Waals surface area contributed by atoms with Crippen molar-refractivity contribution in [3.63, 3.8) is 0 Å². The minimum absolute atomic E-state index is 0.828. The molecule has 0 unspecified atom stereocenters. The third-order valence-corrected chi connectivity index (χ3v) is 3.43. The maximum absolute atomic E-state index is 5.39. The number of hydrogen-bond donors (Lipinski definition) is 1. The maximum atomic E-state index is 5.39. The molecule has 0 saturated carbocycles. The molecule has 4 nitrogen and oxygen atoms in total. The molecule has 1 aromatic rings. The van der Waals surface area contributed by atoms with E-state index in [1.54, 1.807) is 7.11 Å². The van der Waals surface area contributed by atoms with Crippen molar-refractivity contribution in [1.82, 2.24) is 15.3 Å². The fourth-order valence-electron chi connectivity index (χ4n) is 2.21. The van der Waals surface area contributed by atoms with Gasteiger partial charge in [0, 0.05) is 38.3 Å². The molecular formula is C14H23N3O. The highest BCUT2D eigenvalue weighted by atomic mass is 16.5. The zero-order valence-corrected chi connectivity index (χ0v) is 11.6. The number of likely N-dealkylation sites (N-methyl/N-ethyl adjacent to an activating group) is 1. The first kappa shape index (κ1) is 13.3. The second-order valence-corrected chi connectivity index (χ2v) is 4.94. The predicted octanol–water partition coefficient (Wildman–Crippen LogP) is 1.26. The molecule has 1 heterocycles. The quantitative estimate of drug-likeness (QED) is 0.869. The highest BCUT2D eigenvalue weighted by Gasteiger charge is 2.13. The highest BCUT2D eigenvalue weighted by Crippen LogP contribution is 2.19. The second-order valence-electron chi connectivity index (χ2n) is 4.94. The lowest BCUT2D eigenvalue weighted by Crippen LogP contribution is -2.50. The summed E-state index contributed by atoms with van der Waals surface area (Å²) in [6.45, 7) is 7.33. The summed E-state index contributed by atoms with van der Waals surface area (Å²) in [5.41, 5.74) is 5.98. The molecule has 100 valence electrons. The first-order valence-corrected chi connectivity index (χ1v) is 6.49. The van der Waals surface area contributed by atoms with Crippen LogP contribution in [-0.4, -0.2) is 50.2 Å². The second kappa shape index (κ2) is 6.18. The Kier molecular flexibility index (Phi) is 4.58. The largest absolute Gasteiger partial charge is 0.496 e. The van der Waals surface area contributed by atoms with Crippen LogP contribution in [0.1, 0.15) is 11.1 Å². The van der Waals surface area contributed by atoms with Gasteiger partial charge in [-0.05, 0) is 20.0 Å². The molecule has 0 spiro atoms. The van der Waals surface area contributed by atoms with Crippen molar-refractivity contribution >= 4 is 0 Å². The summed E-state index contributed by atoms with van der Waals surface area (Å²) in [5.74, 6) is 0.960. The monoisotopic (exact) mass is 249 g/mol. The summed E-state index contributed by atoms with van der Waals surface area (Å²) in [6.07, 6.45) is 0. The molecule has 0 bridgehead atoms. The third kappa shape index (κ3) is 3.45. The van der Waals surface area contributed by atoms with Crippen molar-refractivity contribution in [1.29, 1.82) is 0 Å². The van der Waals surface area contributed by atoms with E-state index >= 15 is 0 Å². The van der Waals surface area contributed by atoms with Crippen molar-refractivity contribution in [2.24, 2.45) is 0 Å². The van der Waals surface area contributed by atoms with Gasteiger partial charge in [-0.2, -0.15) is 0 Å². The van der Waals surface area contributed by atoms with E-state index in [0.717, 1.165) is 38.5 Å². The lowest BCUT2D eigenvalue weighted by atomic mass is 10.1. The predicted molar refractivity (Wildman–Crippen MR) is 73.6 cm³/mol. The van der Waals surface area contributed by atoms with Crippen LogP contribution in [0.25, 0.3) is 0 Å². The van der Waals surface area contributed by atoms with E-state index in [2.05, 4.69) is 41.4 Å². The number of benzene rings is 1. The van der Waals surface area contributed by atoms with Crippen LogP contribution in [0.15, 0.2) is 18.2 Å². The number of hydrogen-bond acceptors (Lipinski definition) is 4. The number of nitrogens with one attached hydrogen (secondary N) is 1. The SMILES string of the molecule is COc1ccc(C)cc1CNN1CCN(C)CC1. The lowest BCUT2D eigenvalue weighted by Gasteiger charge is -2.32. The van der Waals surface area contributed by atoms with E-state index in [-0.39, 0.29) is 0 Å². The molecular weight excluding hydrogens is 226 g/mol. The molecule has 1 aromatic carbocycles. The van der Waals surface area contributed by atoms with Gasteiger partial charge in [-0.3, -0.25) is 5.43 Å². The van der Waals surface area contributed by atoms with Crippen molar-refractivity contribution in [3.05, 3.63) is 29.3 Å². The van der Waals surface area contributed by atoms with Gasteiger partial charge in [0.15, 0.2) is 0 Å². The van der Waals surface area contributed by atoms with Gasteiger partial charge < -0.3 is 9.64 Å². The van der Waals surface area contributed by atoms with Crippen molar-refractivity contribution in [3.8, 4) is 5.75 Å². The van der Waals surface area contributed by atoms with E-state index < -0.39 is 0 Å². The molecule has 1 aliphatic rings. The first-order chi connectivity index (χ1) is 8.69. The Labute approximate surface area is 109 Å². The Morgan fingerprint density at radius 2 is 1.94 bits per heavy atom. The van der Waals surface area contributed by atoms with Gasteiger partial charge in [-0.1, -0.05) is 17.7 Å². The van der Waals surface area contributed by atoms with Gasteiger partial charge in [0.25, 0.3) is 0 Å². The molecule has 18 heavy (non-hydrogen) atoms. The van der Waals surface area contributed by atoms with Crippen LogP contribution in [-0.2, 0) is 6.54 Å². The van der Waals surface area contributed by atoms with Crippen LogP contribution in [0.4, 0.5) is 0 Å². The fourth-order valence-corrected chi connectivity index (χ4v) is 2.21. The van der Waals surface area contributed by atoms with E-state index in [1.807, 2.05) is 6.07 Å². The van der Waals surface area contributed by atoms with Crippen molar-refractivity contribution < 1.29 is 4.74 Å². The first-order valence-electron chi connectivity index (χ1n) is 6.49. The van der Waals surface area contributed by atoms with E-state index in [4.69, 9.17) is 4.74 Å². The fraction of sp³-hybridized carbons (Fsp3) is 0.571. The number of ether oxygens (including phenoxy) is 1. The summed E-state index contributed by atoms with van der Waals surface area (Å²) in [6, 6.07) is 6.30. The summed E-state index contributed by atoms with van der Waals surface area (Å²) in [4.78, 5) is 2.35. The van der Waals surface area contributed by atoms with E-state index in [9.17, 15) is 0 Å². The van der Waals surface area contributed by atoms with Gasteiger partial charge in [0.05, 0.1) is 7.11 Å². The minimum Gasteiger partial charge on any atom is -0.496 e. The molecule has 1 saturated heterocycles. The van der Waals surface area contributed by atoms with Gasteiger partial charge in [0.2, 0.25) is 0 Å². The Balaban J connectivity index is 1.91. The highest BCUT2D eigenvalue weighted by molar-refractivity contribution is 5.36. The molecule has 1 fully saturated rings. The molecule has 0 radical (unpaired) electrons. The molecule has 0 atom stereocenters. The molecule has 0 aliphatic carbocycles. The van der Waals surface area contributed by atoms with Gasteiger partial charge in [-0.15, -0.1) is 0 Å².